The first-order valence-corrected chi connectivity index (χ1v) is 13.2. The van der Waals surface area contributed by atoms with Crippen molar-refractivity contribution >= 4 is 23.4 Å². The van der Waals surface area contributed by atoms with Crippen LogP contribution in [0.3, 0.4) is 0 Å². The summed E-state index contributed by atoms with van der Waals surface area (Å²) in [6, 6.07) is 5.09. The van der Waals surface area contributed by atoms with Gasteiger partial charge in [-0.1, -0.05) is 19.3 Å². The normalized spacial score (nSPS) is 27.1. The van der Waals surface area contributed by atoms with Crippen molar-refractivity contribution in [3.8, 4) is 5.75 Å². The van der Waals surface area contributed by atoms with E-state index in [1.165, 1.54) is 32.1 Å². The summed E-state index contributed by atoms with van der Waals surface area (Å²) in [4.78, 5) is 39.8. The van der Waals surface area contributed by atoms with Crippen molar-refractivity contribution in [1.29, 1.82) is 0 Å². The van der Waals surface area contributed by atoms with Gasteiger partial charge in [-0.2, -0.15) is 0 Å². The van der Waals surface area contributed by atoms with Gasteiger partial charge in [0.05, 0.1) is 24.1 Å². The summed E-state index contributed by atoms with van der Waals surface area (Å²) in [5, 5.41) is 6.02. The van der Waals surface area contributed by atoms with Crippen LogP contribution in [0.15, 0.2) is 18.2 Å². The maximum absolute atomic E-state index is 13.3. The monoisotopic (exact) mass is 483 g/mol. The second-order valence-corrected chi connectivity index (χ2v) is 10.7. The van der Waals surface area contributed by atoms with Crippen molar-refractivity contribution in [2.75, 3.05) is 25.5 Å². The fourth-order valence-corrected chi connectivity index (χ4v) is 5.62. The number of carbonyl (C=O) groups is 3. The van der Waals surface area contributed by atoms with E-state index in [2.05, 4.69) is 10.6 Å². The first kappa shape index (κ1) is 24.1. The van der Waals surface area contributed by atoms with Gasteiger partial charge < -0.3 is 25.0 Å². The van der Waals surface area contributed by atoms with Crippen molar-refractivity contribution in [2.24, 2.45) is 11.8 Å². The van der Waals surface area contributed by atoms with Gasteiger partial charge in [-0.3, -0.25) is 14.4 Å². The third kappa shape index (κ3) is 5.80. The number of hydrogen-bond donors (Lipinski definition) is 2. The van der Waals surface area contributed by atoms with Gasteiger partial charge in [0.1, 0.15) is 18.5 Å². The van der Waals surface area contributed by atoms with Crippen molar-refractivity contribution in [3.63, 3.8) is 0 Å². The maximum atomic E-state index is 13.3. The molecular formula is C27H37N3O5. The van der Waals surface area contributed by atoms with E-state index in [1.54, 1.807) is 30.1 Å². The van der Waals surface area contributed by atoms with Crippen LogP contribution in [0.25, 0.3) is 0 Å². The highest BCUT2D eigenvalue weighted by Gasteiger charge is 2.39. The minimum atomic E-state index is -0.295. The fourth-order valence-electron chi connectivity index (χ4n) is 5.62. The summed E-state index contributed by atoms with van der Waals surface area (Å²) >= 11 is 0. The number of nitrogens with one attached hydrogen (secondary N) is 2. The van der Waals surface area contributed by atoms with Crippen molar-refractivity contribution in [1.82, 2.24) is 10.2 Å². The Labute approximate surface area is 207 Å². The number of anilines is 1. The standard InChI is InChI=1S/C27H37N3O5/c1-30-22-11-10-20(14-25(31)28-15-17-5-3-2-4-6-17)35-24(22)16-34-23-12-9-19(13-21(23)27(30)33)29-26(32)18-7-8-18/h9,12-13,17-18,20,22,24H,2-8,10-11,14-16H2,1H3,(H,28,31)(H,29,32)/t20-,22-,24-/m0/s1. The zero-order valence-corrected chi connectivity index (χ0v) is 20.6. The van der Waals surface area contributed by atoms with Crippen LogP contribution in [-0.4, -0.2) is 61.1 Å². The Morgan fingerprint density at radius 2 is 1.86 bits per heavy atom. The Morgan fingerprint density at radius 1 is 1.06 bits per heavy atom. The molecule has 3 fully saturated rings. The van der Waals surface area contributed by atoms with E-state index in [4.69, 9.17) is 9.47 Å². The van der Waals surface area contributed by atoms with Crippen LogP contribution in [0.1, 0.15) is 74.6 Å². The molecule has 2 saturated carbocycles. The molecule has 0 unspecified atom stereocenters. The van der Waals surface area contributed by atoms with Gasteiger partial charge in [-0.05, 0) is 62.6 Å². The molecule has 0 spiro atoms. The number of carbonyl (C=O) groups excluding carboxylic acids is 3. The molecule has 1 saturated heterocycles. The Hall–Kier alpha value is -2.61. The van der Waals surface area contributed by atoms with E-state index in [-0.39, 0.29) is 41.9 Å². The molecule has 2 heterocycles. The molecule has 8 nitrogen and oxygen atoms in total. The molecule has 190 valence electrons. The van der Waals surface area contributed by atoms with E-state index < -0.39 is 0 Å². The fraction of sp³-hybridized carbons (Fsp3) is 0.667. The Balaban J connectivity index is 1.19. The molecule has 35 heavy (non-hydrogen) atoms. The predicted molar refractivity (Wildman–Crippen MR) is 131 cm³/mol. The third-order valence-corrected chi connectivity index (χ3v) is 7.95. The highest BCUT2D eigenvalue weighted by molar-refractivity contribution is 6.00. The molecule has 8 heteroatoms. The van der Waals surface area contributed by atoms with E-state index in [0.717, 1.165) is 32.2 Å². The summed E-state index contributed by atoms with van der Waals surface area (Å²) in [6.07, 6.45) is 9.45. The second kappa shape index (κ2) is 10.6. The largest absolute Gasteiger partial charge is 0.490 e. The zero-order chi connectivity index (χ0) is 24.4. The van der Waals surface area contributed by atoms with Gasteiger partial charge in [0, 0.05) is 25.2 Å². The van der Waals surface area contributed by atoms with E-state index in [1.807, 2.05) is 0 Å². The summed E-state index contributed by atoms with van der Waals surface area (Å²) in [5.74, 6) is 1.08. The number of nitrogens with zero attached hydrogens (tertiary/aromatic N) is 1. The first-order valence-electron chi connectivity index (χ1n) is 13.2. The molecule has 1 aromatic rings. The van der Waals surface area contributed by atoms with Crippen LogP contribution in [0, 0.1) is 11.8 Å². The molecule has 1 aromatic carbocycles. The van der Waals surface area contributed by atoms with Crippen LogP contribution in [0.5, 0.6) is 5.75 Å². The summed E-state index contributed by atoms with van der Waals surface area (Å²) in [5.41, 5.74) is 1.06. The zero-order valence-electron chi connectivity index (χ0n) is 20.6. The topological polar surface area (TPSA) is 97.0 Å². The van der Waals surface area contributed by atoms with Crippen molar-refractivity contribution in [2.45, 2.75) is 82.5 Å². The summed E-state index contributed by atoms with van der Waals surface area (Å²) < 4.78 is 12.3. The average molecular weight is 484 g/mol. The lowest BCUT2D eigenvalue weighted by Gasteiger charge is -2.42. The number of hydrogen-bond acceptors (Lipinski definition) is 5. The van der Waals surface area contributed by atoms with Gasteiger partial charge >= 0.3 is 0 Å². The molecule has 4 aliphatic rings. The summed E-state index contributed by atoms with van der Waals surface area (Å²) in [7, 11) is 1.80. The highest BCUT2D eigenvalue weighted by atomic mass is 16.5. The summed E-state index contributed by atoms with van der Waals surface area (Å²) in [6.45, 7) is 1.07. The molecule has 5 rings (SSSR count). The maximum Gasteiger partial charge on any atom is 0.257 e. The smallest absolute Gasteiger partial charge is 0.257 e. The molecule has 0 aromatic heterocycles. The molecule has 3 amide bonds. The number of rotatable bonds is 6. The van der Waals surface area contributed by atoms with Crippen LogP contribution in [-0.2, 0) is 14.3 Å². The molecule has 3 atom stereocenters. The number of amides is 3. The van der Waals surface area contributed by atoms with Crippen LogP contribution in [0.2, 0.25) is 0 Å². The van der Waals surface area contributed by atoms with Crippen LogP contribution < -0.4 is 15.4 Å². The van der Waals surface area contributed by atoms with Gasteiger partial charge in [0.2, 0.25) is 11.8 Å². The molecule has 2 aliphatic carbocycles. The molecular weight excluding hydrogens is 446 g/mol. The first-order chi connectivity index (χ1) is 17.0. The Bertz CT molecular complexity index is 956. The second-order valence-electron chi connectivity index (χ2n) is 10.7. The molecule has 0 radical (unpaired) electrons. The lowest BCUT2D eigenvalue weighted by atomic mass is 9.89. The number of fused-ring (bicyclic) bond motifs is 2. The predicted octanol–water partition coefficient (Wildman–Crippen LogP) is 3.50. The number of ether oxygens (including phenoxy) is 2. The quantitative estimate of drug-likeness (QED) is 0.646. The van der Waals surface area contributed by atoms with Crippen LogP contribution in [0.4, 0.5) is 5.69 Å². The minimum absolute atomic E-state index is 0.00656. The van der Waals surface area contributed by atoms with Crippen molar-refractivity contribution < 1.29 is 23.9 Å². The van der Waals surface area contributed by atoms with E-state index in [0.29, 0.717) is 35.9 Å². The highest BCUT2D eigenvalue weighted by Crippen LogP contribution is 2.34. The lowest BCUT2D eigenvalue weighted by molar-refractivity contribution is -0.134. The van der Waals surface area contributed by atoms with Gasteiger partial charge in [0.25, 0.3) is 5.91 Å². The number of benzene rings is 1. The van der Waals surface area contributed by atoms with Gasteiger partial charge in [0.15, 0.2) is 0 Å². The van der Waals surface area contributed by atoms with Gasteiger partial charge in [-0.25, -0.2) is 0 Å². The average Bonchev–Trinajstić information content (AvgIpc) is 3.72. The van der Waals surface area contributed by atoms with E-state index in [9.17, 15) is 14.4 Å². The molecule has 2 aliphatic heterocycles. The van der Waals surface area contributed by atoms with Crippen molar-refractivity contribution in [3.05, 3.63) is 23.8 Å². The Morgan fingerprint density at radius 3 is 2.63 bits per heavy atom. The molecule has 0 bridgehead atoms. The Kier molecular flexibility index (Phi) is 7.27. The van der Waals surface area contributed by atoms with Crippen LogP contribution >= 0.6 is 0 Å². The van der Waals surface area contributed by atoms with E-state index >= 15 is 0 Å². The lowest BCUT2D eigenvalue weighted by Crippen LogP contribution is -2.54. The SMILES string of the molecule is CN1C(=O)c2cc(NC(=O)C3CC3)ccc2OC[C@@H]2O[C@H](CC(=O)NCC3CCCCC3)CC[C@@H]21. The third-order valence-electron chi connectivity index (χ3n) is 7.95. The minimum Gasteiger partial charge on any atom is -0.490 e. The number of likely N-dealkylation sites (N-methyl/N-ethyl adjacent to an activating group) is 1. The van der Waals surface area contributed by atoms with Gasteiger partial charge in [-0.15, -0.1) is 0 Å². The molecule has 2 N–H and O–H groups in total.